The number of para-hydroxylation sites is 1. The molecule has 0 radical (unpaired) electrons. The highest BCUT2D eigenvalue weighted by Gasteiger charge is 2.38. The number of nitrogens with one attached hydrogen (secondary N) is 2. The molecule has 0 bridgehead atoms. The normalized spacial score (nSPS) is 16.7. The highest BCUT2D eigenvalue weighted by Crippen LogP contribution is 2.22. The molecule has 1 aliphatic rings. The van der Waals surface area contributed by atoms with E-state index in [1.54, 1.807) is 35.9 Å². The second kappa shape index (κ2) is 10.2. The SMILES string of the molecule is CC(C(=O)NO)N(CCc1cccs1)C(=O)N1CCCC1C(=O)Nc1ccccc1. The van der Waals surface area contributed by atoms with Crippen LogP contribution in [0, 0.1) is 0 Å². The van der Waals surface area contributed by atoms with Gasteiger partial charge in [-0.15, -0.1) is 11.3 Å². The Hall–Kier alpha value is -2.91. The van der Waals surface area contributed by atoms with Crippen molar-refractivity contribution in [2.45, 2.75) is 38.3 Å². The topological polar surface area (TPSA) is 102 Å². The molecule has 1 aromatic heterocycles. The van der Waals surface area contributed by atoms with Crippen LogP contribution in [-0.4, -0.2) is 58.0 Å². The molecule has 2 heterocycles. The van der Waals surface area contributed by atoms with Gasteiger partial charge in [-0.05, 0) is 49.8 Å². The number of carbonyl (C=O) groups is 3. The first-order chi connectivity index (χ1) is 14.5. The molecule has 8 nitrogen and oxygen atoms in total. The van der Waals surface area contributed by atoms with Crippen LogP contribution in [-0.2, 0) is 16.0 Å². The summed E-state index contributed by atoms with van der Waals surface area (Å²) in [6.07, 6.45) is 1.85. The van der Waals surface area contributed by atoms with Gasteiger partial charge in [-0.25, -0.2) is 10.3 Å². The summed E-state index contributed by atoms with van der Waals surface area (Å²) in [5.41, 5.74) is 2.29. The minimum atomic E-state index is -0.874. The number of thiophene rings is 1. The maximum Gasteiger partial charge on any atom is 0.321 e. The van der Waals surface area contributed by atoms with Gasteiger partial charge in [-0.1, -0.05) is 24.3 Å². The standard InChI is InChI=1S/C21H26N4O4S/c1-15(19(26)23-29)24(13-11-17-9-6-14-30-17)21(28)25-12-5-10-18(25)20(27)22-16-7-3-2-4-8-16/h2-4,6-9,14-15,18,29H,5,10-13H2,1H3,(H,22,27)(H,23,26). The summed E-state index contributed by atoms with van der Waals surface area (Å²) in [5, 5.41) is 13.9. The Morgan fingerprint density at radius 1 is 1.23 bits per heavy atom. The van der Waals surface area contributed by atoms with Gasteiger partial charge in [-0.3, -0.25) is 14.8 Å². The van der Waals surface area contributed by atoms with Crippen LogP contribution in [0.2, 0.25) is 0 Å². The zero-order valence-corrected chi connectivity index (χ0v) is 17.6. The van der Waals surface area contributed by atoms with Gasteiger partial charge in [0, 0.05) is 23.7 Å². The van der Waals surface area contributed by atoms with E-state index in [0.717, 1.165) is 4.88 Å². The quantitative estimate of drug-likeness (QED) is 0.464. The van der Waals surface area contributed by atoms with E-state index in [1.165, 1.54) is 9.80 Å². The van der Waals surface area contributed by atoms with Crippen LogP contribution in [0.5, 0.6) is 0 Å². The molecule has 1 saturated heterocycles. The van der Waals surface area contributed by atoms with Gasteiger partial charge in [0.05, 0.1) is 0 Å². The zero-order valence-electron chi connectivity index (χ0n) is 16.8. The van der Waals surface area contributed by atoms with Crippen LogP contribution in [0.3, 0.4) is 0 Å². The molecule has 3 rings (SSSR count). The molecule has 2 atom stereocenters. The Labute approximate surface area is 179 Å². The lowest BCUT2D eigenvalue weighted by atomic mass is 10.2. The Balaban J connectivity index is 1.73. The average molecular weight is 431 g/mol. The van der Waals surface area contributed by atoms with Gasteiger partial charge in [0.15, 0.2) is 0 Å². The van der Waals surface area contributed by atoms with E-state index in [9.17, 15) is 14.4 Å². The third kappa shape index (κ3) is 5.17. The maximum absolute atomic E-state index is 13.3. The Morgan fingerprint density at radius 3 is 2.67 bits per heavy atom. The van der Waals surface area contributed by atoms with E-state index in [2.05, 4.69) is 5.32 Å². The largest absolute Gasteiger partial charge is 0.324 e. The highest BCUT2D eigenvalue weighted by atomic mass is 32.1. The third-order valence-electron chi connectivity index (χ3n) is 5.22. The van der Waals surface area contributed by atoms with Crippen molar-refractivity contribution in [2.75, 3.05) is 18.4 Å². The first-order valence-corrected chi connectivity index (χ1v) is 10.8. The molecule has 2 aromatic rings. The smallest absolute Gasteiger partial charge is 0.321 e. The molecule has 4 amide bonds. The van der Waals surface area contributed by atoms with E-state index in [4.69, 9.17) is 5.21 Å². The Kier molecular flexibility index (Phi) is 7.42. The fourth-order valence-corrected chi connectivity index (χ4v) is 4.25. The van der Waals surface area contributed by atoms with Crippen molar-refractivity contribution in [3.63, 3.8) is 0 Å². The highest BCUT2D eigenvalue weighted by molar-refractivity contribution is 7.09. The molecule has 160 valence electrons. The Bertz CT molecular complexity index is 859. The summed E-state index contributed by atoms with van der Waals surface area (Å²) in [7, 11) is 0. The fraction of sp³-hybridized carbons (Fsp3) is 0.381. The van der Waals surface area contributed by atoms with Crippen LogP contribution in [0.25, 0.3) is 0 Å². The predicted molar refractivity (Wildman–Crippen MR) is 114 cm³/mol. The summed E-state index contributed by atoms with van der Waals surface area (Å²) < 4.78 is 0. The second-order valence-corrected chi connectivity index (χ2v) is 8.20. The van der Waals surface area contributed by atoms with Crippen molar-refractivity contribution in [1.82, 2.24) is 15.3 Å². The lowest BCUT2D eigenvalue weighted by Gasteiger charge is -2.34. The van der Waals surface area contributed by atoms with Gasteiger partial charge in [-0.2, -0.15) is 0 Å². The van der Waals surface area contributed by atoms with Gasteiger partial charge < -0.3 is 15.1 Å². The fourth-order valence-electron chi connectivity index (χ4n) is 3.56. The average Bonchev–Trinajstić information content (AvgIpc) is 3.45. The third-order valence-corrected chi connectivity index (χ3v) is 6.16. The number of benzene rings is 1. The molecular weight excluding hydrogens is 404 g/mol. The molecular formula is C21H26N4O4S. The van der Waals surface area contributed by atoms with Crippen molar-refractivity contribution in [3.8, 4) is 0 Å². The monoisotopic (exact) mass is 430 g/mol. The van der Waals surface area contributed by atoms with E-state index in [-0.39, 0.29) is 11.9 Å². The second-order valence-electron chi connectivity index (χ2n) is 7.16. The number of hydroxylamine groups is 1. The molecule has 0 saturated carbocycles. The molecule has 0 aliphatic carbocycles. The molecule has 0 spiro atoms. The molecule has 3 N–H and O–H groups in total. The molecule has 2 unspecified atom stereocenters. The summed E-state index contributed by atoms with van der Waals surface area (Å²) in [4.78, 5) is 42.2. The lowest BCUT2D eigenvalue weighted by Crippen LogP contribution is -2.55. The van der Waals surface area contributed by atoms with Crippen LogP contribution in [0.15, 0.2) is 47.8 Å². The first-order valence-electron chi connectivity index (χ1n) is 9.90. The number of hydrogen-bond acceptors (Lipinski definition) is 5. The van der Waals surface area contributed by atoms with Gasteiger partial charge in [0.25, 0.3) is 5.91 Å². The molecule has 30 heavy (non-hydrogen) atoms. The van der Waals surface area contributed by atoms with Crippen molar-refractivity contribution in [1.29, 1.82) is 0 Å². The number of urea groups is 1. The number of nitrogens with zero attached hydrogens (tertiary/aromatic N) is 2. The summed E-state index contributed by atoms with van der Waals surface area (Å²) in [6.45, 7) is 2.30. The van der Waals surface area contributed by atoms with Crippen LogP contribution in [0.1, 0.15) is 24.6 Å². The van der Waals surface area contributed by atoms with Crippen molar-refractivity contribution >= 4 is 34.9 Å². The maximum atomic E-state index is 13.3. The number of rotatable bonds is 7. The van der Waals surface area contributed by atoms with Gasteiger partial charge >= 0.3 is 6.03 Å². The van der Waals surface area contributed by atoms with Crippen molar-refractivity contribution in [2.24, 2.45) is 0 Å². The van der Waals surface area contributed by atoms with E-state index < -0.39 is 18.0 Å². The minimum absolute atomic E-state index is 0.246. The number of hydrogen-bond donors (Lipinski definition) is 3. The van der Waals surface area contributed by atoms with Crippen LogP contribution < -0.4 is 10.8 Å². The molecule has 1 aromatic carbocycles. The molecule has 1 aliphatic heterocycles. The molecule has 1 fully saturated rings. The number of likely N-dealkylation sites (tertiary alicyclic amines) is 1. The van der Waals surface area contributed by atoms with Gasteiger partial charge in [0.1, 0.15) is 12.1 Å². The Morgan fingerprint density at radius 2 is 2.00 bits per heavy atom. The predicted octanol–water partition coefficient (Wildman–Crippen LogP) is 2.71. The van der Waals surface area contributed by atoms with Crippen molar-refractivity contribution < 1.29 is 19.6 Å². The minimum Gasteiger partial charge on any atom is -0.324 e. The summed E-state index contributed by atoms with van der Waals surface area (Å²) in [5.74, 6) is -0.913. The van der Waals surface area contributed by atoms with Crippen LogP contribution in [0.4, 0.5) is 10.5 Å². The number of anilines is 1. The van der Waals surface area contributed by atoms with E-state index in [0.29, 0.717) is 38.0 Å². The van der Waals surface area contributed by atoms with Crippen molar-refractivity contribution in [3.05, 3.63) is 52.7 Å². The number of carbonyl (C=O) groups excluding carboxylic acids is 3. The van der Waals surface area contributed by atoms with Crippen LogP contribution >= 0.6 is 11.3 Å². The lowest BCUT2D eigenvalue weighted by molar-refractivity contribution is -0.133. The molecule has 9 heteroatoms. The van der Waals surface area contributed by atoms with E-state index in [1.807, 2.05) is 35.7 Å². The summed E-state index contributed by atoms with van der Waals surface area (Å²) in [6, 6.07) is 11.1. The van der Waals surface area contributed by atoms with Gasteiger partial charge in [0.2, 0.25) is 5.91 Å². The number of amides is 4. The van der Waals surface area contributed by atoms with E-state index >= 15 is 0 Å². The summed E-state index contributed by atoms with van der Waals surface area (Å²) >= 11 is 1.58. The zero-order chi connectivity index (χ0) is 21.5. The first kappa shape index (κ1) is 21.8.